The zero-order valence-electron chi connectivity index (χ0n) is 20.8. The Morgan fingerprint density at radius 1 is 0.886 bits per heavy atom. The molecule has 1 aliphatic rings. The highest BCUT2D eigenvalue weighted by Gasteiger charge is 2.27. The van der Waals surface area contributed by atoms with Crippen LogP contribution in [0.3, 0.4) is 0 Å². The zero-order chi connectivity index (χ0) is 24.9. The highest BCUT2D eigenvalue weighted by molar-refractivity contribution is 7.99. The summed E-state index contributed by atoms with van der Waals surface area (Å²) < 4.78 is 5.90. The molecular formula is C28H38N2O4S. The van der Waals surface area contributed by atoms with E-state index in [0.29, 0.717) is 5.56 Å². The van der Waals surface area contributed by atoms with Crippen molar-refractivity contribution in [2.24, 2.45) is 0 Å². The van der Waals surface area contributed by atoms with Gasteiger partial charge >= 0.3 is 0 Å². The molecule has 6 nitrogen and oxygen atoms in total. The van der Waals surface area contributed by atoms with E-state index in [2.05, 4.69) is 12.2 Å². The quantitative estimate of drug-likeness (QED) is 0.143. The summed E-state index contributed by atoms with van der Waals surface area (Å²) in [5.41, 5.74) is 1.24. The fourth-order valence-electron chi connectivity index (χ4n) is 4.29. The van der Waals surface area contributed by atoms with Crippen LogP contribution >= 0.6 is 11.8 Å². The van der Waals surface area contributed by atoms with Crippen LogP contribution in [-0.2, 0) is 0 Å². The van der Waals surface area contributed by atoms with Gasteiger partial charge in [0.05, 0.1) is 17.1 Å². The molecule has 1 N–H and O–H groups in total. The van der Waals surface area contributed by atoms with Crippen LogP contribution in [0.25, 0.3) is 0 Å². The van der Waals surface area contributed by atoms with Crippen LogP contribution in [-0.4, -0.2) is 17.4 Å². The number of nitro benzene ring substituents is 1. The van der Waals surface area contributed by atoms with Gasteiger partial charge in [0.1, 0.15) is 11.1 Å². The topological polar surface area (TPSA) is 81.5 Å². The number of unbranched alkanes of at least 4 members (excludes halogenated alkanes) is 11. The highest BCUT2D eigenvalue weighted by Crippen LogP contribution is 2.40. The van der Waals surface area contributed by atoms with Gasteiger partial charge in [0, 0.05) is 17.0 Å². The molecule has 2 aromatic carbocycles. The number of amides is 1. The lowest BCUT2D eigenvalue weighted by Gasteiger charge is -2.25. The largest absolute Gasteiger partial charge is 0.494 e. The van der Waals surface area contributed by atoms with Crippen molar-refractivity contribution in [1.29, 1.82) is 0 Å². The molecule has 1 heterocycles. The maximum absolute atomic E-state index is 12.5. The summed E-state index contributed by atoms with van der Waals surface area (Å²) in [7, 11) is 0. The van der Waals surface area contributed by atoms with Gasteiger partial charge in [-0.05, 0) is 30.2 Å². The Hall–Kier alpha value is -2.54. The molecular weight excluding hydrogens is 460 g/mol. The number of ether oxygens (including phenoxy) is 1. The summed E-state index contributed by atoms with van der Waals surface area (Å²) in [6.07, 6.45) is 15.9. The summed E-state index contributed by atoms with van der Waals surface area (Å²) >= 11 is 1.48. The van der Waals surface area contributed by atoms with Gasteiger partial charge in [-0.2, -0.15) is 0 Å². The number of hydrogen-bond donors (Lipinski definition) is 1. The first kappa shape index (κ1) is 27.1. The molecule has 190 valence electrons. The molecule has 0 fully saturated rings. The second-order valence-corrected chi connectivity index (χ2v) is 10.4. The van der Waals surface area contributed by atoms with E-state index in [1.54, 1.807) is 6.07 Å². The summed E-state index contributed by atoms with van der Waals surface area (Å²) in [6.45, 7) is 2.98. The number of carbonyl (C=O) groups is 1. The van der Waals surface area contributed by atoms with Gasteiger partial charge in [-0.25, -0.2) is 0 Å². The van der Waals surface area contributed by atoms with Crippen molar-refractivity contribution < 1.29 is 14.5 Å². The van der Waals surface area contributed by atoms with Crippen LogP contribution in [0.15, 0.2) is 47.4 Å². The average Bonchev–Trinajstić information content (AvgIpc) is 2.87. The third-order valence-electron chi connectivity index (χ3n) is 6.38. The van der Waals surface area contributed by atoms with E-state index in [9.17, 15) is 14.9 Å². The molecule has 1 aliphatic heterocycles. The summed E-state index contributed by atoms with van der Waals surface area (Å²) in [5, 5.41) is 13.7. The molecule has 1 unspecified atom stereocenters. The highest BCUT2D eigenvalue weighted by atomic mass is 32.2. The standard InChI is InChI=1S/C28H38N2O4S/c1-2-3-4-5-6-7-8-9-10-11-12-13-20-34-24-17-14-22(15-18-24)28-29-27(31)25-21-23(30(32)33)16-19-26(25)35-28/h14-19,21,28H,2-13,20H2,1H3,(H,29,31). The van der Waals surface area contributed by atoms with Crippen LogP contribution < -0.4 is 10.1 Å². The molecule has 0 saturated carbocycles. The van der Waals surface area contributed by atoms with Crippen molar-refractivity contribution >= 4 is 23.4 Å². The second-order valence-electron chi connectivity index (χ2n) is 9.22. The molecule has 0 spiro atoms. The summed E-state index contributed by atoms with van der Waals surface area (Å²) in [4.78, 5) is 23.7. The minimum Gasteiger partial charge on any atom is -0.494 e. The SMILES string of the molecule is CCCCCCCCCCCCCCOc1ccc(C2NC(=O)c3cc([N+](=O)[O-])ccc3S2)cc1. The van der Waals surface area contributed by atoms with Crippen molar-refractivity contribution in [2.75, 3.05) is 6.61 Å². The van der Waals surface area contributed by atoms with Gasteiger partial charge in [-0.15, -0.1) is 0 Å². The maximum Gasteiger partial charge on any atom is 0.270 e. The van der Waals surface area contributed by atoms with Crippen molar-refractivity contribution in [2.45, 2.75) is 94.2 Å². The molecule has 0 saturated heterocycles. The van der Waals surface area contributed by atoms with Crippen LogP contribution in [0.4, 0.5) is 5.69 Å². The van der Waals surface area contributed by atoms with E-state index >= 15 is 0 Å². The van der Waals surface area contributed by atoms with Gasteiger partial charge in [0.15, 0.2) is 0 Å². The Labute approximate surface area is 213 Å². The number of nitro groups is 1. The molecule has 3 rings (SSSR count). The number of nitrogens with one attached hydrogen (secondary N) is 1. The van der Waals surface area contributed by atoms with Crippen LogP contribution in [0.1, 0.15) is 105 Å². The van der Waals surface area contributed by atoms with E-state index in [0.717, 1.165) is 29.2 Å². The molecule has 0 aromatic heterocycles. The molecule has 0 bridgehead atoms. The Morgan fingerprint density at radius 3 is 2.09 bits per heavy atom. The fraction of sp³-hybridized carbons (Fsp3) is 0.536. The van der Waals surface area contributed by atoms with E-state index < -0.39 is 4.92 Å². The monoisotopic (exact) mass is 498 g/mol. The molecule has 7 heteroatoms. The Morgan fingerprint density at radius 2 is 1.49 bits per heavy atom. The number of hydrogen-bond acceptors (Lipinski definition) is 5. The number of rotatable bonds is 16. The first-order valence-corrected chi connectivity index (χ1v) is 13.9. The number of thioether (sulfide) groups is 1. The zero-order valence-corrected chi connectivity index (χ0v) is 21.6. The Bertz CT molecular complexity index is 948. The maximum atomic E-state index is 12.5. The van der Waals surface area contributed by atoms with Crippen LogP contribution in [0, 0.1) is 10.1 Å². The van der Waals surface area contributed by atoms with E-state index in [-0.39, 0.29) is 17.0 Å². The van der Waals surface area contributed by atoms with Crippen molar-refractivity contribution in [1.82, 2.24) is 5.32 Å². The molecule has 1 amide bonds. The first-order chi connectivity index (χ1) is 17.1. The Kier molecular flexibility index (Phi) is 11.4. The number of fused-ring (bicyclic) bond motifs is 1. The predicted octanol–water partition coefficient (Wildman–Crippen LogP) is 8.21. The van der Waals surface area contributed by atoms with Crippen molar-refractivity contribution in [3.8, 4) is 5.75 Å². The minimum atomic E-state index is -0.486. The fourth-order valence-corrected chi connectivity index (χ4v) is 5.43. The van der Waals surface area contributed by atoms with Crippen LogP contribution in [0.2, 0.25) is 0 Å². The normalized spacial score (nSPS) is 14.9. The third-order valence-corrected chi connectivity index (χ3v) is 7.61. The smallest absolute Gasteiger partial charge is 0.270 e. The van der Waals surface area contributed by atoms with Gasteiger partial charge in [0.2, 0.25) is 0 Å². The number of carbonyl (C=O) groups excluding carboxylic acids is 1. The van der Waals surface area contributed by atoms with Crippen molar-refractivity contribution in [3.63, 3.8) is 0 Å². The van der Waals surface area contributed by atoms with Gasteiger partial charge in [-0.1, -0.05) is 101 Å². The van der Waals surface area contributed by atoms with E-state index in [4.69, 9.17) is 4.74 Å². The molecule has 0 radical (unpaired) electrons. The second kappa shape index (κ2) is 14.8. The minimum absolute atomic E-state index is 0.0763. The molecule has 1 atom stereocenters. The van der Waals surface area contributed by atoms with Gasteiger partial charge in [-0.3, -0.25) is 14.9 Å². The Balaban J connectivity index is 1.31. The number of nitrogens with zero attached hydrogens (tertiary/aromatic N) is 1. The van der Waals surface area contributed by atoms with Gasteiger partial charge in [0.25, 0.3) is 11.6 Å². The summed E-state index contributed by atoms with van der Waals surface area (Å²) in [5.74, 6) is 0.541. The number of benzene rings is 2. The molecule has 0 aliphatic carbocycles. The summed E-state index contributed by atoms with van der Waals surface area (Å²) in [6, 6.07) is 12.2. The van der Waals surface area contributed by atoms with Gasteiger partial charge < -0.3 is 10.1 Å². The number of non-ortho nitro benzene ring substituents is 1. The molecule has 2 aromatic rings. The lowest BCUT2D eigenvalue weighted by Crippen LogP contribution is -2.30. The lowest BCUT2D eigenvalue weighted by atomic mass is 10.1. The van der Waals surface area contributed by atoms with E-state index in [1.807, 2.05) is 24.3 Å². The lowest BCUT2D eigenvalue weighted by molar-refractivity contribution is -0.384. The first-order valence-electron chi connectivity index (χ1n) is 13.1. The molecule has 35 heavy (non-hydrogen) atoms. The van der Waals surface area contributed by atoms with Crippen molar-refractivity contribution in [3.05, 3.63) is 63.7 Å². The predicted molar refractivity (Wildman–Crippen MR) is 142 cm³/mol. The van der Waals surface area contributed by atoms with E-state index in [1.165, 1.54) is 94.5 Å². The van der Waals surface area contributed by atoms with Crippen LogP contribution in [0.5, 0.6) is 5.75 Å². The average molecular weight is 499 g/mol. The third kappa shape index (κ3) is 8.88.